The van der Waals surface area contributed by atoms with Crippen molar-refractivity contribution in [2.24, 2.45) is 0 Å². The lowest BCUT2D eigenvalue weighted by molar-refractivity contribution is 0.0946. The second kappa shape index (κ2) is 4.99. The van der Waals surface area contributed by atoms with Crippen LogP contribution in [0.5, 0.6) is 5.75 Å². The number of ether oxygens (including phenoxy) is 2. The third kappa shape index (κ3) is 2.73. The quantitative estimate of drug-likeness (QED) is 0.760. The van der Waals surface area contributed by atoms with Gasteiger partial charge in [0.1, 0.15) is 5.75 Å². The van der Waals surface area contributed by atoms with E-state index in [0.717, 1.165) is 6.61 Å². The molecule has 1 N–H and O–H groups in total. The maximum Gasteiger partial charge on any atom is 0.255 e. The van der Waals surface area contributed by atoms with Crippen molar-refractivity contribution in [3.8, 4) is 5.75 Å². The molecular weight excluding hydrogens is 206 g/mol. The number of amides is 1. The first-order valence-electron chi connectivity index (χ1n) is 5.43. The Bertz CT molecular complexity index is 374. The molecule has 0 aliphatic carbocycles. The van der Waals surface area contributed by atoms with Crippen molar-refractivity contribution in [3.63, 3.8) is 0 Å². The first-order chi connectivity index (χ1) is 7.81. The average Bonchev–Trinajstić information content (AvgIpc) is 3.11. The highest BCUT2D eigenvalue weighted by molar-refractivity contribution is 5.96. The van der Waals surface area contributed by atoms with Gasteiger partial charge in [-0.2, -0.15) is 0 Å². The van der Waals surface area contributed by atoms with Crippen molar-refractivity contribution in [2.45, 2.75) is 13.0 Å². The number of rotatable bonds is 5. The van der Waals surface area contributed by atoms with Gasteiger partial charge in [-0.05, 0) is 19.1 Å². The maximum absolute atomic E-state index is 11.8. The van der Waals surface area contributed by atoms with E-state index in [2.05, 4.69) is 5.32 Å². The average molecular weight is 221 g/mol. The summed E-state index contributed by atoms with van der Waals surface area (Å²) in [4.78, 5) is 11.8. The minimum absolute atomic E-state index is 0.112. The van der Waals surface area contributed by atoms with Crippen molar-refractivity contribution >= 4 is 5.91 Å². The highest BCUT2D eigenvalue weighted by Gasteiger charge is 2.23. The van der Waals surface area contributed by atoms with Gasteiger partial charge in [-0.3, -0.25) is 4.79 Å². The predicted molar refractivity (Wildman–Crippen MR) is 59.7 cm³/mol. The van der Waals surface area contributed by atoms with Crippen molar-refractivity contribution in [2.75, 3.05) is 19.8 Å². The molecule has 4 nitrogen and oxygen atoms in total. The van der Waals surface area contributed by atoms with Gasteiger partial charge < -0.3 is 14.8 Å². The molecule has 0 bridgehead atoms. The van der Waals surface area contributed by atoms with Crippen LogP contribution < -0.4 is 10.1 Å². The predicted octanol–water partition coefficient (Wildman–Crippen LogP) is 1.21. The summed E-state index contributed by atoms with van der Waals surface area (Å²) >= 11 is 0. The lowest BCUT2D eigenvalue weighted by Crippen LogP contribution is -2.27. The van der Waals surface area contributed by atoms with Gasteiger partial charge in [0.2, 0.25) is 0 Å². The van der Waals surface area contributed by atoms with E-state index in [1.807, 2.05) is 19.1 Å². The Balaban J connectivity index is 2.01. The number of para-hydroxylation sites is 1. The molecule has 0 aromatic heterocycles. The molecule has 4 heteroatoms. The van der Waals surface area contributed by atoms with E-state index in [1.165, 1.54) is 0 Å². The summed E-state index contributed by atoms with van der Waals surface area (Å²) in [5, 5.41) is 2.82. The van der Waals surface area contributed by atoms with Crippen molar-refractivity contribution < 1.29 is 14.3 Å². The fourth-order valence-corrected chi connectivity index (χ4v) is 1.42. The largest absolute Gasteiger partial charge is 0.493 e. The molecule has 86 valence electrons. The first-order valence-corrected chi connectivity index (χ1v) is 5.43. The minimum Gasteiger partial charge on any atom is -0.493 e. The van der Waals surface area contributed by atoms with E-state index < -0.39 is 0 Å². The second-order valence-corrected chi connectivity index (χ2v) is 3.59. The Morgan fingerprint density at radius 1 is 1.56 bits per heavy atom. The van der Waals surface area contributed by atoms with Crippen LogP contribution in [0, 0.1) is 0 Å². The molecule has 0 saturated carbocycles. The first kappa shape index (κ1) is 11.0. The molecule has 1 atom stereocenters. The van der Waals surface area contributed by atoms with Crippen LogP contribution in [0.2, 0.25) is 0 Å². The van der Waals surface area contributed by atoms with Gasteiger partial charge in [0.15, 0.2) is 0 Å². The Morgan fingerprint density at radius 2 is 2.31 bits per heavy atom. The fourth-order valence-electron chi connectivity index (χ4n) is 1.42. The summed E-state index contributed by atoms with van der Waals surface area (Å²) in [6.07, 6.45) is 0.197. The highest BCUT2D eigenvalue weighted by atomic mass is 16.6. The number of carbonyl (C=O) groups excluding carboxylic acids is 1. The Hall–Kier alpha value is -1.55. The zero-order valence-electron chi connectivity index (χ0n) is 9.23. The van der Waals surface area contributed by atoms with Crippen molar-refractivity contribution in [1.29, 1.82) is 0 Å². The normalized spacial score (nSPS) is 17.9. The standard InChI is InChI=1S/C12H15NO3/c1-2-15-11-6-4-3-5-10(11)12(14)13-7-9-8-16-9/h3-6,9H,2,7-8H2,1H3,(H,13,14)/t9-/m0/s1. The zero-order chi connectivity index (χ0) is 11.4. The summed E-state index contributed by atoms with van der Waals surface area (Å²) in [6, 6.07) is 7.23. The summed E-state index contributed by atoms with van der Waals surface area (Å²) in [7, 11) is 0. The number of carbonyl (C=O) groups is 1. The fraction of sp³-hybridized carbons (Fsp3) is 0.417. The van der Waals surface area contributed by atoms with Crippen LogP contribution in [0.1, 0.15) is 17.3 Å². The topological polar surface area (TPSA) is 50.9 Å². The van der Waals surface area contributed by atoms with E-state index in [0.29, 0.717) is 24.5 Å². The van der Waals surface area contributed by atoms with Gasteiger partial charge in [-0.1, -0.05) is 12.1 Å². The van der Waals surface area contributed by atoms with Gasteiger partial charge in [0, 0.05) is 6.54 Å². The molecule has 16 heavy (non-hydrogen) atoms. The van der Waals surface area contributed by atoms with Gasteiger partial charge in [-0.25, -0.2) is 0 Å². The Kier molecular flexibility index (Phi) is 3.41. The van der Waals surface area contributed by atoms with Crippen molar-refractivity contribution in [1.82, 2.24) is 5.32 Å². The summed E-state index contributed by atoms with van der Waals surface area (Å²) in [5.74, 6) is 0.513. The molecule has 0 spiro atoms. The van der Waals surface area contributed by atoms with Crippen LogP contribution in [0.25, 0.3) is 0 Å². The molecule has 1 heterocycles. The number of benzene rings is 1. The monoisotopic (exact) mass is 221 g/mol. The van der Waals surface area contributed by atoms with Gasteiger partial charge >= 0.3 is 0 Å². The molecule has 1 aliphatic rings. The number of hydrogen-bond donors (Lipinski definition) is 1. The third-order valence-corrected chi connectivity index (χ3v) is 2.32. The Morgan fingerprint density at radius 3 is 3.00 bits per heavy atom. The molecule has 0 unspecified atom stereocenters. The van der Waals surface area contributed by atoms with Crippen LogP contribution in [0.3, 0.4) is 0 Å². The third-order valence-electron chi connectivity index (χ3n) is 2.32. The Labute approximate surface area is 94.6 Å². The number of epoxide rings is 1. The number of hydrogen-bond acceptors (Lipinski definition) is 3. The zero-order valence-corrected chi connectivity index (χ0v) is 9.23. The van der Waals surface area contributed by atoms with E-state index >= 15 is 0 Å². The van der Waals surface area contributed by atoms with Gasteiger partial charge in [-0.15, -0.1) is 0 Å². The molecule has 1 aromatic carbocycles. The molecule has 0 radical (unpaired) electrons. The van der Waals surface area contributed by atoms with Crippen LogP contribution >= 0.6 is 0 Å². The molecule has 1 saturated heterocycles. The van der Waals surface area contributed by atoms with E-state index in [4.69, 9.17) is 9.47 Å². The summed E-state index contributed by atoms with van der Waals surface area (Å²) in [6.45, 7) is 3.76. The number of nitrogens with one attached hydrogen (secondary N) is 1. The van der Waals surface area contributed by atoms with Crippen molar-refractivity contribution in [3.05, 3.63) is 29.8 Å². The second-order valence-electron chi connectivity index (χ2n) is 3.59. The molecular formula is C12H15NO3. The SMILES string of the molecule is CCOc1ccccc1C(=O)NC[C@H]1CO1. The highest BCUT2D eigenvalue weighted by Crippen LogP contribution is 2.18. The molecule has 1 fully saturated rings. The molecule has 2 rings (SSSR count). The van der Waals surface area contributed by atoms with Gasteiger partial charge in [0.25, 0.3) is 5.91 Å². The van der Waals surface area contributed by atoms with Crippen LogP contribution in [0.4, 0.5) is 0 Å². The van der Waals surface area contributed by atoms with Crippen LogP contribution in [-0.4, -0.2) is 31.8 Å². The van der Waals surface area contributed by atoms with Crippen LogP contribution in [0.15, 0.2) is 24.3 Å². The van der Waals surface area contributed by atoms with Gasteiger partial charge in [0.05, 0.1) is 24.9 Å². The lowest BCUT2D eigenvalue weighted by atomic mass is 10.2. The molecule has 1 amide bonds. The lowest BCUT2D eigenvalue weighted by Gasteiger charge is -2.09. The summed E-state index contributed by atoms with van der Waals surface area (Å²) < 4.78 is 10.4. The minimum atomic E-state index is -0.112. The maximum atomic E-state index is 11.8. The molecule has 1 aliphatic heterocycles. The van der Waals surface area contributed by atoms with Crippen LogP contribution in [-0.2, 0) is 4.74 Å². The summed E-state index contributed by atoms with van der Waals surface area (Å²) in [5.41, 5.74) is 0.574. The van der Waals surface area contributed by atoms with E-state index in [-0.39, 0.29) is 12.0 Å². The van der Waals surface area contributed by atoms with E-state index in [1.54, 1.807) is 12.1 Å². The van der Waals surface area contributed by atoms with E-state index in [9.17, 15) is 4.79 Å². The molecule has 1 aromatic rings. The smallest absolute Gasteiger partial charge is 0.255 e.